The predicted molar refractivity (Wildman–Crippen MR) is 112 cm³/mol. The summed E-state index contributed by atoms with van der Waals surface area (Å²) < 4.78 is 5.16. The van der Waals surface area contributed by atoms with Crippen molar-refractivity contribution in [1.29, 1.82) is 0 Å². The molecule has 3 N–H and O–H groups in total. The Hall–Kier alpha value is -2.38. The molecule has 3 rings (SSSR count). The van der Waals surface area contributed by atoms with E-state index in [4.69, 9.17) is 10.5 Å². The van der Waals surface area contributed by atoms with Crippen LogP contribution in [0.1, 0.15) is 6.42 Å². The highest BCUT2D eigenvalue weighted by Crippen LogP contribution is 2.29. The van der Waals surface area contributed by atoms with E-state index in [0.717, 1.165) is 10.6 Å². The molecule has 1 unspecified atom stereocenters. The fourth-order valence-electron chi connectivity index (χ4n) is 2.90. The van der Waals surface area contributed by atoms with E-state index in [0.29, 0.717) is 23.7 Å². The van der Waals surface area contributed by atoms with Gasteiger partial charge in [0.25, 0.3) is 0 Å². The Morgan fingerprint density at radius 2 is 1.96 bits per heavy atom. The van der Waals surface area contributed by atoms with Crippen LogP contribution < -0.4 is 20.7 Å². The van der Waals surface area contributed by atoms with E-state index in [1.54, 1.807) is 42.0 Å². The molecule has 0 saturated carbocycles. The molecule has 144 valence electrons. The van der Waals surface area contributed by atoms with E-state index in [1.165, 1.54) is 0 Å². The number of hydrogen-bond donors (Lipinski definition) is 2. The van der Waals surface area contributed by atoms with Crippen molar-refractivity contribution in [3.63, 3.8) is 0 Å². The minimum absolute atomic E-state index is 0. The van der Waals surface area contributed by atoms with Gasteiger partial charge >= 0.3 is 0 Å². The SMILES string of the molecule is COc1ccc(N)c(NC(=O)C2CC(=O)N(c3ccc(SC)cc3)C2)c1.Cl. The van der Waals surface area contributed by atoms with Crippen LogP contribution in [0.4, 0.5) is 17.1 Å². The molecular formula is C19H22ClN3O3S. The number of anilines is 3. The molecule has 8 heteroatoms. The fraction of sp³-hybridized carbons (Fsp3) is 0.263. The molecule has 2 aromatic carbocycles. The van der Waals surface area contributed by atoms with Crippen molar-refractivity contribution in [1.82, 2.24) is 0 Å². The van der Waals surface area contributed by atoms with E-state index in [-0.39, 0.29) is 30.6 Å². The van der Waals surface area contributed by atoms with E-state index < -0.39 is 5.92 Å². The highest BCUT2D eigenvalue weighted by molar-refractivity contribution is 7.98. The second kappa shape index (κ2) is 9.01. The molecule has 2 amide bonds. The van der Waals surface area contributed by atoms with Gasteiger partial charge in [-0.05, 0) is 42.7 Å². The van der Waals surface area contributed by atoms with E-state index in [9.17, 15) is 9.59 Å². The summed E-state index contributed by atoms with van der Waals surface area (Å²) in [6, 6.07) is 12.8. The Labute approximate surface area is 168 Å². The number of amides is 2. The molecule has 0 aromatic heterocycles. The third kappa shape index (κ3) is 4.67. The molecule has 0 bridgehead atoms. The van der Waals surface area contributed by atoms with Crippen LogP contribution in [0.3, 0.4) is 0 Å². The molecule has 1 aliphatic heterocycles. The number of rotatable bonds is 5. The van der Waals surface area contributed by atoms with Gasteiger partial charge in [-0.15, -0.1) is 24.2 Å². The number of nitrogens with two attached hydrogens (primary N) is 1. The predicted octanol–water partition coefficient (Wildman–Crippen LogP) is 3.41. The highest BCUT2D eigenvalue weighted by Gasteiger charge is 2.35. The van der Waals surface area contributed by atoms with Crippen molar-refractivity contribution in [3.05, 3.63) is 42.5 Å². The zero-order valence-electron chi connectivity index (χ0n) is 15.1. The molecule has 6 nitrogen and oxygen atoms in total. The van der Waals surface area contributed by atoms with Crippen LogP contribution >= 0.6 is 24.2 Å². The normalized spacial score (nSPS) is 16.0. The van der Waals surface area contributed by atoms with Gasteiger partial charge in [0.2, 0.25) is 11.8 Å². The van der Waals surface area contributed by atoms with Crippen LogP contribution in [0.25, 0.3) is 0 Å². The van der Waals surface area contributed by atoms with Crippen LogP contribution in [0.5, 0.6) is 5.75 Å². The van der Waals surface area contributed by atoms with E-state index in [1.807, 2.05) is 30.5 Å². The minimum atomic E-state index is -0.423. The van der Waals surface area contributed by atoms with Gasteiger partial charge < -0.3 is 20.7 Å². The fourth-order valence-corrected chi connectivity index (χ4v) is 3.31. The highest BCUT2D eigenvalue weighted by atomic mass is 35.5. The summed E-state index contributed by atoms with van der Waals surface area (Å²) in [5.41, 5.74) is 7.67. The lowest BCUT2D eigenvalue weighted by molar-refractivity contribution is -0.122. The second-order valence-corrected chi connectivity index (χ2v) is 6.93. The largest absolute Gasteiger partial charge is 0.497 e. The molecular weight excluding hydrogens is 386 g/mol. The summed E-state index contributed by atoms with van der Waals surface area (Å²) in [5.74, 6) is -0.0944. The molecule has 0 radical (unpaired) electrons. The van der Waals surface area contributed by atoms with Crippen molar-refractivity contribution in [2.24, 2.45) is 5.92 Å². The number of thioether (sulfide) groups is 1. The van der Waals surface area contributed by atoms with Gasteiger partial charge in [0, 0.05) is 29.6 Å². The third-order valence-electron chi connectivity index (χ3n) is 4.40. The maximum absolute atomic E-state index is 12.6. The average Bonchev–Trinajstić information content (AvgIpc) is 3.05. The first-order valence-corrected chi connectivity index (χ1v) is 9.43. The van der Waals surface area contributed by atoms with Crippen LogP contribution in [-0.4, -0.2) is 31.7 Å². The average molecular weight is 408 g/mol. The van der Waals surface area contributed by atoms with Gasteiger partial charge in [-0.1, -0.05) is 0 Å². The molecule has 0 aliphatic carbocycles. The Bertz CT molecular complexity index is 829. The Kier molecular flexibility index (Phi) is 6.98. The Balaban J connectivity index is 0.00000261. The Morgan fingerprint density at radius 1 is 1.26 bits per heavy atom. The number of carbonyl (C=O) groups excluding carboxylic acids is 2. The number of nitrogens with zero attached hydrogens (tertiary/aromatic N) is 1. The summed E-state index contributed by atoms with van der Waals surface area (Å²) in [7, 11) is 1.55. The van der Waals surface area contributed by atoms with Crippen molar-refractivity contribution < 1.29 is 14.3 Å². The molecule has 0 spiro atoms. The van der Waals surface area contributed by atoms with Gasteiger partial charge in [-0.2, -0.15) is 0 Å². The number of nitrogens with one attached hydrogen (secondary N) is 1. The molecule has 1 fully saturated rings. The van der Waals surface area contributed by atoms with Crippen LogP contribution in [-0.2, 0) is 9.59 Å². The first kappa shape index (κ1) is 20.9. The topological polar surface area (TPSA) is 84.7 Å². The van der Waals surface area contributed by atoms with Crippen molar-refractivity contribution in [2.45, 2.75) is 11.3 Å². The summed E-state index contributed by atoms with van der Waals surface area (Å²) >= 11 is 1.64. The van der Waals surface area contributed by atoms with Gasteiger partial charge in [0.05, 0.1) is 24.4 Å². The lowest BCUT2D eigenvalue weighted by Gasteiger charge is -2.17. The van der Waals surface area contributed by atoms with Gasteiger partial charge in [0.15, 0.2) is 0 Å². The molecule has 1 saturated heterocycles. The first-order chi connectivity index (χ1) is 12.5. The van der Waals surface area contributed by atoms with Crippen LogP contribution in [0.2, 0.25) is 0 Å². The number of ether oxygens (including phenoxy) is 1. The lowest BCUT2D eigenvalue weighted by atomic mass is 10.1. The number of halogens is 1. The number of hydrogen-bond acceptors (Lipinski definition) is 5. The summed E-state index contributed by atoms with van der Waals surface area (Å²) in [4.78, 5) is 27.7. The van der Waals surface area contributed by atoms with Gasteiger partial charge in [-0.25, -0.2) is 0 Å². The van der Waals surface area contributed by atoms with Crippen LogP contribution in [0, 0.1) is 5.92 Å². The maximum Gasteiger partial charge on any atom is 0.229 e. The minimum Gasteiger partial charge on any atom is -0.497 e. The zero-order valence-corrected chi connectivity index (χ0v) is 16.7. The molecule has 2 aromatic rings. The van der Waals surface area contributed by atoms with E-state index >= 15 is 0 Å². The van der Waals surface area contributed by atoms with Crippen molar-refractivity contribution >= 4 is 53.0 Å². The summed E-state index contributed by atoms with van der Waals surface area (Å²) in [6.07, 6.45) is 2.18. The lowest BCUT2D eigenvalue weighted by Crippen LogP contribution is -2.28. The van der Waals surface area contributed by atoms with Crippen LogP contribution in [0.15, 0.2) is 47.4 Å². The summed E-state index contributed by atoms with van der Waals surface area (Å²) in [6.45, 7) is 0.354. The number of benzene rings is 2. The molecule has 1 aliphatic rings. The van der Waals surface area contributed by atoms with Gasteiger partial charge in [-0.3, -0.25) is 9.59 Å². The second-order valence-electron chi connectivity index (χ2n) is 6.05. The smallest absolute Gasteiger partial charge is 0.229 e. The zero-order chi connectivity index (χ0) is 18.7. The number of carbonyl (C=O) groups is 2. The molecule has 1 heterocycles. The number of nitrogen functional groups attached to an aromatic ring is 1. The van der Waals surface area contributed by atoms with Crippen molar-refractivity contribution in [2.75, 3.05) is 35.9 Å². The molecule has 1 atom stereocenters. The summed E-state index contributed by atoms with van der Waals surface area (Å²) in [5, 5.41) is 2.81. The molecule has 27 heavy (non-hydrogen) atoms. The van der Waals surface area contributed by atoms with Gasteiger partial charge in [0.1, 0.15) is 5.75 Å². The third-order valence-corrected chi connectivity index (χ3v) is 5.14. The number of methoxy groups -OCH3 is 1. The standard InChI is InChI=1S/C19H21N3O3S.ClH/c1-25-14-5-8-16(20)17(10-14)21-19(24)12-9-18(23)22(11-12)13-3-6-15(26-2)7-4-13;/h3-8,10,12H,9,11,20H2,1-2H3,(H,21,24);1H. The first-order valence-electron chi connectivity index (χ1n) is 8.20. The van der Waals surface area contributed by atoms with Crippen molar-refractivity contribution in [3.8, 4) is 5.75 Å². The Morgan fingerprint density at radius 3 is 2.59 bits per heavy atom. The van der Waals surface area contributed by atoms with E-state index in [2.05, 4.69) is 5.32 Å². The monoisotopic (exact) mass is 407 g/mol. The maximum atomic E-state index is 12.6. The quantitative estimate of drug-likeness (QED) is 0.586.